The zero-order valence-corrected chi connectivity index (χ0v) is 14.5. The molecule has 0 aliphatic rings. The summed E-state index contributed by atoms with van der Waals surface area (Å²) >= 11 is 5.95. The van der Waals surface area contributed by atoms with E-state index in [0.29, 0.717) is 5.02 Å². The van der Waals surface area contributed by atoms with Gasteiger partial charge in [0.15, 0.2) is 9.84 Å². The van der Waals surface area contributed by atoms with Crippen LogP contribution >= 0.6 is 11.6 Å². The first-order valence-corrected chi connectivity index (χ1v) is 9.26. The van der Waals surface area contributed by atoms with Gasteiger partial charge in [-0.25, -0.2) is 8.42 Å². The molecule has 4 nitrogen and oxygen atoms in total. The second kappa shape index (κ2) is 7.15. The molecule has 122 valence electrons. The van der Waals surface area contributed by atoms with E-state index in [1.807, 2.05) is 13.0 Å². The highest BCUT2D eigenvalue weighted by atomic mass is 35.5. The molecule has 0 radical (unpaired) electrons. The highest BCUT2D eigenvalue weighted by Crippen LogP contribution is 2.20. The Hall–Kier alpha value is -1.85. The Morgan fingerprint density at radius 1 is 1.17 bits per heavy atom. The number of halogens is 1. The van der Waals surface area contributed by atoms with Crippen molar-refractivity contribution in [2.24, 2.45) is 0 Å². The Kier molecular flexibility index (Phi) is 5.44. The molecule has 2 rings (SSSR count). The number of carbonyl (C=O) groups is 1. The molecule has 0 aliphatic heterocycles. The van der Waals surface area contributed by atoms with Gasteiger partial charge in [0.05, 0.1) is 22.3 Å². The van der Waals surface area contributed by atoms with E-state index in [1.165, 1.54) is 12.1 Å². The summed E-state index contributed by atoms with van der Waals surface area (Å²) in [5, 5.41) is 3.40. The molecule has 1 amide bonds. The van der Waals surface area contributed by atoms with Crippen molar-refractivity contribution in [3.8, 4) is 0 Å². The fourth-order valence-corrected chi connectivity index (χ4v) is 3.51. The van der Waals surface area contributed by atoms with Crippen molar-refractivity contribution < 1.29 is 13.2 Å². The smallest absolute Gasteiger partial charge is 0.253 e. The summed E-state index contributed by atoms with van der Waals surface area (Å²) in [7, 11) is -3.46. The molecule has 0 saturated heterocycles. The standard InChI is InChI=1S/C17H18ClNO3S/c1-3-23(21,22)16-10-5-4-9-15(16)17(20)19-12(2)13-7-6-8-14(18)11-13/h4-12H,3H2,1-2H3,(H,19,20)/t12-/m1/s1. The van der Waals surface area contributed by atoms with Gasteiger partial charge in [0.25, 0.3) is 5.91 Å². The summed E-state index contributed by atoms with van der Waals surface area (Å²) in [5.74, 6) is -0.480. The SMILES string of the molecule is CCS(=O)(=O)c1ccccc1C(=O)N[C@H](C)c1cccc(Cl)c1. The number of amides is 1. The Morgan fingerprint density at radius 3 is 2.52 bits per heavy atom. The van der Waals surface area contributed by atoms with Crippen LogP contribution in [0.1, 0.15) is 35.8 Å². The van der Waals surface area contributed by atoms with E-state index in [4.69, 9.17) is 11.6 Å². The van der Waals surface area contributed by atoms with Gasteiger partial charge < -0.3 is 5.32 Å². The number of sulfone groups is 1. The highest BCUT2D eigenvalue weighted by molar-refractivity contribution is 7.91. The predicted octanol–water partition coefficient (Wildman–Crippen LogP) is 3.62. The molecule has 2 aromatic rings. The molecule has 0 aliphatic carbocycles. The first-order valence-electron chi connectivity index (χ1n) is 7.23. The van der Waals surface area contributed by atoms with Gasteiger partial charge in [0.2, 0.25) is 0 Å². The Labute approximate surface area is 141 Å². The minimum Gasteiger partial charge on any atom is -0.345 e. The summed E-state index contributed by atoms with van der Waals surface area (Å²) in [4.78, 5) is 12.5. The van der Waals surface area contributed by atoms with Gasteiger partial charge >= 0.3 is 0 Å². The van der Waals surface area contributed by atoms with Gasteiger partial charge in [-0.3, -0.25) is 4.79 Å². The molecule has 1 N–H and O–H groups in total. The van der Waals surface area contributed by atoms with Crippen LogP contribution in [0.4, 0.5) is 0 Å². The third-order valence-electron chi connectivity index (χ3n) is 3.54. The average Bonchev–Trinajstić information content (AvgIpc) is 2.54. The minimum atomic E-state index is -3.46. The van der Waals surface area contributed by atoms with Gasteiger partial charge in [0, 0.05) is 5.02 Å². The second-order valence-electron chi connectivity index (χ2n) is 5.15. The van der Waals surface area contributed by atoms with Crippen molar-refractivity contribution >= 4 is 27.3 Å². The van der Waals surface area contributed by atoms with Crippen LogP contribution in [-0.2, 0) is 9.84 Å². The normalized spacial score (nSPS) is 12.7. The maximum absolute atomic E-state index is 12.5. The number of rotatable bonds is 5. The maximum atomic E-state index is 12.5. The van der Waals surface area contributed by atoms with Crippen molar-refractivity contribution in [3.05, 3.63) is 64.7 Å². The van der Waals surface area contributed by atoms with Gasteiger partial charge in [-0.1, -0.05) is 42.8 Å². The Balaban J connectivity index is 2.28. The maximum Gasteiger partial charge on any atom is 0.253 e. The quantitative estimate of drug-likeness (QED) is 0.894. The molecule has 23 heavy (non-hydrogen) atoms. The molecule has 1 atom stereocenters. The monoisotopic (exact) mass is 351 g/mol. The Bertz CT molecular complexity index is 818. The second-order valence-corrected chi connectivity index (χ2v) is 7.83. The lowest BCUT2D eigenvalue weighted by Crippen LogP contribution is -2.28. The molecule has 0 unspecified atom stereocenters. The van der Waals surface area contributed by atoms with Crippen molar-refractivity contribution in [1.29, 1.82) is 0 Å². The number of benzene rings is 2. The van der Waals surface area contributed by atoms with Crippen LogP contribution in [0.3, 0.4) is 0 Å². The highest BCUT2D eigenvalue weighted by Gasteiger charge is 2.21. The number of hydrogen-bond donors (Lipinski definition) is 1. The summed E-state index contributed by atoms with van der Waals surface area (Å²) in [6.45, 7) is 3.37. The minimum absolute atomic E-state index is 0.0540. The van der Waals surface area contributed by atoms with Crippen molar-refractivity contribution in [2.45, 2.75) is 24.8 Å². The molecule has 0 bridgehead atoms. The summed E-state index contributed by atoms with van der Waals surface area (Å²) in [5.41, 5.74) is 1.00. The molecule has 0 heterocycles. The van der Waals surface area contributed by atoms with Crippen LogP contribution in [-0.4, -0.2) is 20.1 Å². The van der Waals surface area contributed by atoms with Crippen LogP contribution in [0.5, 0.6) is 0 Å². The fraction of sp³-hybridized carbons (Fsp3) is 0.235. The number of nitrogens with one attached hydrogen (secondary N) is 1. The van der Waals surface area contributed by atoms with Crippen LogP contribution in [0.2, 0.25) is 5.02 Å². The third kappa shape index (κ3) is 4.12. The van der Waals surface area contributed by atoms with E-state index in [0.717, 1.165) is 5.56 Å². The van der Waals surface area contributed by atoms with E-state index < -0.39 is 15.7 Å². The van der Waals surface area contributed by atoms with E-state index in [1.54, 1.807) is 37.3 Å². The van der Waals surface area contributed by atoms with E-state index in [2.05, 4.69) is 5.32 Å². The average molecular weight is 352 g/mol. The van der Waals surface area contributed by atoms with Crippen LogP contribution in [0, 0.1) is 0 Å². The molecular formula is C17H18ClNO3S. The zero-order chi connectivity index (χ0) is 17.0. The fourth-order valence-electron chi connectivity index (χ4n) is 2.21. The molecule has 0 spiro atoms. The Morgan fingerprint density at radius 2 is 1.87 bits per heavy atom. The van der Waals surface area contributed by atoms with Gasteiger partial charge in [-0.05, 0) is 36.8 Å². The number of carbonyl (C=O) groups excluding carboxylic acids is 1. The lowest BCUT2D eigenvalue weighted by atomic mass is 10.1. The lowest BCUT2D eigenvalue weighted by molar-refractivity contribution is 0.0936. The lowest BCUT2D eigenvalue weighted by Gasteiger charge is -2.16. The summed E-state index contributed by atoms with van der Waals surface area (Å²) in [6.07, 6.45) is 0. The predicted molar refractivity (Wildman–Crippen MR) is 91.5 cm³/mol. The summed E-state index contributed by atoms with van der Waals surface area (Å²) in [6, 6.07) is 13.1. The molecule has 6 heteroatoms. The molecule has 2 aromatic carbocycles. The van der Waals surface area contributed by atoms with Crippen molar-refractivity contribution in [1.82, 2.24) is 5.32 Å². The van der Waals surface area contributed by atoms with Gasteiger partial charge in [-0.15, -0.1) is 0 Å². The third-order valence-corrected chi connectivity index (χ3v) is 5.56. The zero-order valence-electron chi connectivity index (χ0n) is 12.9. The van der Waals surface area contributed by atoms with Crippen molar-refractivity contribution in [2.75, 3.05) is 5.75 Å². The van der Waals surface area contributed by atoms with E-state index in [-0.39, 0.29) is 22.3 Å². The first-order chi connectivity index (χ1) is 10.8. The molecule has 0 aromatic heterocycles. The molecule has 0 saturated carbocycles. The largest absolute Gasteiger partial charge is 0.345 e. The topological polar surface area (TPSA) is 63.2 Å². The van der Waals surface area contributed by atoms with Crippen LogP contribution < -0.4 is 5.32 Å². The van der Waals surface area contributed by atoms with Crippen LogP contribution in [0.15, 0.2) is 53.4 Å². The first kappa shape index (κ1) is 17.5. The number of hydrogen-bond acceptors (Lipinski definition) is 3. The molecule has 0 fully saturated rings. The van der Waals surface area contributed by atoms with E-state index in [9.17, 15) is 13.2 Å². The van der Waals surface area contributed by atoms with Gasteiger partial charge in [0.1, 0.15) is 0 Å². The van der Waals surface area contributed by atoms with Crippen LogP contribution in [0.25, 0.3) is 0 Å². The summed E-state index contributed by atoms with van der Waals surface area (Å²) < 4.78 is 24.3. The van der Waals surface area contributed by atoms with Gasteiger partial charge in [-0.2, -0.15) is 0 Å². The molecular weight excluding hydrogens is 334 g/mol. The van der Waals surface area contributed by atoms with E-state index >= 15 is 0 Å². The van der Waals surface area contributed by atoms with Crippen molar-refractivity contribution in [3.63, 3.8) is 0 Å².